The van der Waals surface area contributed by atoms with Crippen LogP contribution >= 0.6 is 0 Å². The Morgan fingerprint density at radius 2 is 1.45 bits per heavy atom. The summed E-state index contributed by atoms with van der Waals surface area (Å²) >= 11 is 0. The lowest BCUT2D eigenvalue weighted by Gasteiger charge is -2.06. The van der Waals surface area contributed by atoms with Crippen LogP contribution in [-0.4, -0.2) is 26.6 Å². The molecule has 0 saturated heterocycles. The van der Waals surface area contributed by atoms with Gasteiger partial charge in [0.05, 0.1) is 6.54 Å². The van der Waals surface area contributed by atoms with E-state index in [9.17, 15) is 19.8 Å². The van der Waals surface area contributed by atoms with Gasteiger partial charge in [-0.2, -0.15) is 0 Å². The molecule has 2 N–H and O–H groups in total. The molecule has 7 heteroatoms. The molecule has 31 heavy (non-hydrogen) atoms. The van der Waals surface area contributed by atoms with E-state index in [2.05, 4.69) is 10.2 Å². The summed E-state index contributed by atoms with van der Waals surface area (Å²) in [6.45, 7) is 2.04. The highest BCUT2D eigenvalue weighted by molar-refractivity contribution is 6.03. The zero-order valence-corrected chi connectivity index (χ0v) is 16.7. The Kier molecular flexibility index (Phi) is 5.32. The van der Waals surface area contributed by atoms with Gasteiger partial charge in [-0.05, 0) is 42.3 Å². The van der Waals surface area contributed by atoms with Crippen LogP contribution in [0.5, 0.6) is 11.8 Å². The highest BCUT2D eigenvalue weighted by atomic mass is 16.3. The van der Waals surface area contributed by atoms with Crippen molar-refractivity contribution in [1.29, 1.82) is 0 Å². The van der Waals surface area contributed by atoms with E-state index in [4.69, 9.17) is 0 Å². The molecule has 0 aliphatic carbocycles. The zero-order valence-electron chi connectivity index (χ0n) is 16.7. The molecule has 0 atom stereocenters. The number of hydrogen-bond donors (Lipinski definition) is 2. The molecule has 3 aromatic carbocycles. The Morgan fingerprint density at radius 1 is 0.806 bits per heavy atom. The second-order valence-corrected chi connectivity index (χ2v) is 7.10. The Morgan fingerprint density at radius 3 is 2.19 bits per heavy atom. The minimum atomic E-state index is -0.724. The van der Waals surface area contributed by atoms with E-state index in [0.717, 1.165) is 11.1 Å². The monoisotopic (exact) mass is 413 g/mol. The molecular weight excluding hydrogens is 394 g/mol. The summed E-state index contributed by atoms with van der Waals surface area (Å²) in [4.78, 5) is 24.6. The Balaban J connectivity index is 1.61. The van der Waals surface area contributed by atoms with Gasteiger partial charge < -0.3 is 10.2 Å². The second-order valence-electron chi connectivity index (χ2n) is 7.10. The largest absolute Gasteiger partial charge is 0.494 e. The number of aryl methyl sites for hydroxylation is 1. The maximum atomic E-state index is 12.4. The number of hydrogen-bond acceptors (Lipinski definition) is 4. The van der Waals surface area contributed by atoms with Crippen molar-refractivity contribution in [3.8, 4) is 11.8 Å². The molecule has 0 aliphatic heterocycles. The van der Waals surface area contributed by atoms with Crippen LogP contribution in [0.2, 0.25) is 0 Å². The molecule has 0 aliphatic rings. The SMILES string of the molecule is Cc1ccccc1C(=O)N=NC(=O)c1ccc2c(O)n(Cc3ccccc3)c(O)c2c1. The topological polar surface area (TPSA) is 104 Å². The smallest absolute Gasteiger partial charge is 0.295 e. The van der Waals surface area contributed by atoms with E-state index in [1.807, 2.05) is 30.3 Å². The molecule has 7 nitrogen and oxygen atoms in total. The predicted molar refractivity (Wildman–Crippen MR) is 116 cm³/mol. The van der Waals surface area contributed by atoms with E-state index in [-0.39, 0.29) is 23.9 Å². The lowest BCUT2D eigenvalue weighted by atomic mass is 10.1. The first-order valence-electron chi connectivity index (χ1n) is 9.60. The van der Waals surface area contributed by atoms with E-state index >= 15 is 0 Å². The van der Waals surface area contributed by atoms with Gasteiger partial charge in [-0.25, -0.2) is 0 Å². The van der Waals surface area contributed by atoms with E-state index < -0.39 is 11.8 Å². The van der Waals surface area contributed by atoms with Crippen LogP contribution in [0.1, 0.15) is 31.8 Å². The van der Waals surface area contributed by atoms with E-state index in [1.54, 1.807) is 31.2 Å². The van der Waals surface area contributed by atoms with Crippen LogP contribution in [-0.2, 0) is 6.54 Å². The number of rotatable bonds is 4. The average Bonchev–Trinajstić information content (AvgIpc) is 3.02. The number of amides is 2. The molecule has 2 amide bonds. The standard InChI is InChI=1S/C24H19N3O4/c1-15-7-5-6-10-18(15)22(29)26-25-21(28)17-11-12-19-20(13-17)24(31)27(23(19)30)14-16-8-3-2-4-9-16/h2-13,30-31H,14H2,1H3. The Hall–Kier alpha value is -4.26. The van der Waals surface area contributed by atoms with Crippen molar-refractivity contribution in [2.75, 3.05) is 0 Å². The third-order valence-corrected chi connectivity index (χ3v) is 5.05. The van der Waals surface area contributed by atoms with Crippen LogP contribution in [0.4, 0.5) is 0 Å². The van der Waals surface area contributed by atoms with Crippen molar-refractivity contribution in [1.82, 2.24) is 4.57 Å². The number of carbonyl (C=O) groups is 2. The number of benzene rings is 3. The van der Waals surface area contributed by atoms with Crippen molar-refractivity contribution in [2.24, 2.45) is 10.2 Å². The van der Waals surface area contributed by atoms with Gasteiger partial charge in [0.2, 0.25) is 11.8 Å². The van der Waals surface area contributed by atoms with Gasteiger partial charge in [0, 0.05) is 21.9 Å². The van der Waals surface area contributed by atoms with Gasteiger partial charge in [-0.3, -0.25) is 14.2 Å². The third-order valence-electron chi connectivity index (χ3n) is 5.05. The van der Waals surface area contributed by atoms with Crippen LogP contribution < -0.4 is 0 Å². The zero-order chi connectivity index (χ0) is 22.0. The van der Waals surface area contributed by atoms with Crippen LogP contribution in [0, 0.1) is 6.92 Å². The summed E-state index contributed by atoms with van der Waals surface area (Å²) in [5.74, 6) is -1.61. The summed E-state index contributed by atoms with van der Waals surface area (Å²) in [7, 11) is 0. The first kappa shape index (κ1) is 20.0. The highest BCUT2D eigenvalue weighted by Gasteiger charge is 2.18. The molecule has 1 aromatic heterocycles. The summed E-state index contributed by atoms with van der Waals surface area (Å²) in [5.41, 5.74) is 2.14. The van der Waals surface area contributed by atoms with Crippen molar-refractivity contribution >= 4 is 22.6 Å². The summed E-state index contributed by atoms with van der Waals surface area (Å²) in [5, 5.41) is 28.9. The Bertz CT molecular complexity index is 1320. The van der Waals surface area contributed by atoms with Crippen LogP contribution in [0.15, 0.2) is 83.0 Å². The fraction of sp³-hybridized carbons (Fsp3) is 0.0833. The van der Waals surface area contributed by atoms with Crippen molar-refractivity contribution in [3.63, 3.8) is 0 Å². The first-order valence-corrected chi connectivity index (χ1v) is 9.60. The number of azo groups is 1. The van der Waals surface area contributed by atoms with Gasteiger partial charge >= 0.3 is 0 Å². The molecule has 0 bridgehead atoms. The van der Waals surface area contributed by atoms with Crippen LogP contribution in [0.3, 0.4) is 0 Å². The lowest BCUT2D eigenvalue weighted by molar-refractivity contribution is 0.0946. The molecule has 4 rings (SSSR count). The molecule has 0 unspecified atom stereocenters. The number of carbonyl (C=O) groups excluding carboxylic acids is 2. The molecule has 4 aromatic rings. The molecule has 1 heterocycles. The number of nitrogens with zero attached hydrogens (tertiary/aromatic N) is 3. The van der Waals surface area contributed by atoms with E-state index in [0.29, 0.717) is 16.3 Å². The van der Waals surface area contributed by atoms with Gasteiger partial charge in [0.25, 0.3) is 11.8 Å². The quantitative estimate of drug-likeness (QED) is 0.467. The first-order chi connectivity index (χ1) is 15.0. The minimum Gasteiger partial charge on any atom is -0.494 e. The highest BCUT2D eigenvalue weighted by Crippen LogP contribution is 2.37. The predicted octanol–water partition coefficient (Wildman–Crippen LogP) is 4.84. The summed E-state index contributed by atoms with van der Waals surface area (Å²) in [6, 6.07) is 20.7. The Labute approximate surface area is 177 Å². The normalized spacial score (nSPS) is 11.3. The van der Waals surface area contributed by atoms with Gasteiger partial charge in [0.1, 0.15) is 0 Å². The van der Waals surface area contributed by atoms with E-state index in [1.165, 1.54) is 22.8 Å². The molecule has 0 radical (unpaired) electrons. The number of aromatic hydroxyl groups is 2. The molecule has 0 saturated carbocycles. The van der Waals surface area contributed by atoms with Crippen molar-refractivity contribution in [3.05, 3.63) is 95.1 Å². The summed E-state index contributed by atoms with van der Waals surface area (Å²) in [6.07, 6.45) is 0. The molecule has 154 valence electrons. The van der Waals surface area contributed by atoms with Gasteiger partial charge in [0.15, 0.2) is 0 Å². The maximum absolute atomic E-state index is 12.4. The molecular formula is C24H19N3O4. The minimum absolute atomic E-state index is 0.105. The van der Waals surface area contributed by atoms with Crippen molar-refractivity contribution < 1.29 is 19.8 Å². The summed E-state index contributed by atoms with van der Waals surface area (Å²) < 4.78 is 1.36. The third kappa shape index (κ3) is 3.93. The van der Waals surface area contributed by atoms with Crippen molar-refractivity contribution in [2.45, 2.75) is 13.5 Å². The fourth-order valence-corrected chi connectivity index (χ4v) is 3.38. The van der Waals surface area contributed by atoms with Crippen LogP contribution in [0.25, 0.3) is 10.8 Å². The maximum Gasteiger partial charge on any atom is 0.295 e. The number of fused-ring (bicyclic) bond motifs is 1. The second kappa shape index (κ2) is 8.23. The van der Waals surface area contributed by atoms with Gasteiger partial charge in [-0.15, -0.1) is 10.2 Å². The lowest BCUT2D eigenvalue weighted by Crippen LogP contribution is -1.99. The molecule has 0 fully saturated rings. The fourth-order valence-electron chi connectivity index (χ4n) is 3.38. The average molecular weight is 413 g/mol. The number of aromatic nitrogens is 1. The van der Waals surface area contributed by atoms with Gasteiger partial charge in [-0.1, -0.05) is 48.5 Å². The molecule has 0 spiro atoms.